The van der Waals surface area contributed by atoms with Crippen molar-refractivity contribution in [2.75, 3.05) is 0 Å². The van der Waals surface area contributed by atoms with Crippen molar-refractivity contribution in [2.45, 2.75) is 129 Å². The number of carbonyl (C=O) groups excluding carboxylic acids is 1. The van der Waals surface area contributed by atoms with Crippen LogP contribution in [-0.4, -0.2) is 5.78 Å². The summed E-state index contributed by atoms with van der Waals surface area (Å²) >= 11 is 0. The molecule has 0 aromatic heterocycles. The number of ketones is 1. The average molecular weight is 311 g/mol. The van der Waals surface area contributed by atoms with E-state index < -0.39 is 0 Å². The van der Waals surface area contributed by atoms with Gasteiger partial charge in [0, 0.05) is 12.8 Å². The molecule has 0 unspecified atom stereocenters. The van der Waals surface area contributed by atoms with Crippen LogP contribution in [-0.2, 0) is 4.79 Å². The van der Waals surface area contributed by atoms with Crippen LogP contribution in [0.1, 0.15) is 129 Å². The van der Waals surface area contributed by atoms with Crippen LogP contribution in [0.3, 0.4) is 0 Å². The first kappa shape index (κ1) is 21.7. The Morgan fingerprint density at radius 1 is 0.455 bits per heavy atom. The number of carbonyl (C=O) groups is 1. The van der Waals surface area contributed by atoms with E-state index in [-0.39, 0.29) is 0 Å². The quantitative estimate of drug-likeness (QED) is 0.238. The molecule has 1 heteroatoms. The molecule has 132 valence electrons. The molecule has 0 saturated carbocycles. The van der Waals surface area contributed by atoms with Crippen molar-refractivity contribution in [1.82, 2.24) is 0 Å². The molecule has 0 spiro atoms. The smallest absolute Gasteiger partial charge is 0.132 e. The number of hydrogen-bond donors (Lipinski definition) is 0. The SMILES string of the molecule is CCCCCCCCCCCCCCCCCC(=O)CCC. The lowest BCUT2D eigenvalue weighted by Gasteiger charge is -2.03. The van der Waals surface area contributed by atoms with Crippen LogP contribution in [0.4, 0.5) is 0 Å². The van der Waals surface area contributed by atoms with Gasteiger partial charge in [-0.1, -0.05) is 104 Å². The Labute approximate surface area is 140 Å². The molecule has 22 heavy (non-hydrogen) atoms. The van der Waals surface area contributed by atoms with E-state index in [1.165, 1.54) is 89.9 Å². The van der Waals surface area contributed by atoms with E-state index in [1.807, 2.05) is 0 Å². The van der Waals surface area contributed by atoms with Crippen LogP contribution in [0.25, 0.3) is 0 Å². The van der Waals surface area contributed by atoms with Gasteiger partial charge in [-0.3, -0.25) is 4.79 Å². The van der Waals surface area contributed by atoms with E-state index in [2.05, 4.69) is 13.8 Å². The van der Waals surface area contributed by atoms with Crippen LogP contribution in [0, 0.1) is 0 Å². The van der Waals surface area contributed by atoms with Gasteiger partial charge in [0.1, 0.15) is 5.78 Å². The Morgan fingerprint density at radius 2 is 0.818 bits per heavy atom. The molecule has 0 atom stereocenters. The standard InChI is InChI=1S/C21H42O/c1-3-5-6-7-8-9-10-11-12-13-14-15-16-17-18-20-21(22)19-4-2/h3-20H2,1-2H3. The minimum atomic E-state index is 0.470. The van der Waals surface area contributed by atoms with Crippen LogP contribution < -0.4 is 0 Å². The van der Waals surface area contributed by atoms with Gasteiger partial charge in [-0.15, -0.1) is 0 Å². The van der Waals surface area contributed by atoms with E-state index in [1.54, 1.807) is 0 Å². The molecule has 0 amide bonds. The summed E-state index contributed by atoms with van der Waals surface area (Å²) in [6.07, 6.45) is 23.4. The normalized spacial score (nSPS) is 11.0. The summed E-state index contributed by atoms with van der Waals surface area (Å²) in [5.41, 5.74) is 0. The molecule has 0 aliphatic carbocycles. The third-order valence-electron chi connectivity index (χ3n) is 4.59. The summed E-state index contributed by atoms with van der Waals surface area (Å²) < 4.78 is 0. The molecular weight excluding hydrogens is 268 g/mol. The molecule has 0 fully saturated rings. The molecule has 1 nitrogen and oxygen atoms in total. The fourth-order valence-corrected chi connectivity index (χ4v) is 3.10. The lowest BCUT2D eigenvalue weighted by Crippen LogP contribution is -1.96. The summed E-state index contributed by atoms with van der Waals surface area (Å²) in [4.78, 5) is 11.4. The summed E-state index contributed by atoms with van der Waals surface area (Å²) in [6.45, 7) is 4.37. The first-order valence-corrected chi connectivity index (χ1v) is 10.3. The molecule has 0 heterocycles. The van der Waals surface area contributed by atoms with Crippen molar-refractivity contribution in [2.24, 2.45) is 0 Å². The largest absolute Gasteiger partial charge is 0.300 e. The highest BCUT2D eigenvalue weighted by atomic mass is 16.1. The molecule has 0 rings (SSSR count). The zero-order valence-corrected chi connectivity index (χ0v) is 15.6. The van der Waals surface area contributed by atoms with Crippen LogP contribution in [0.15, 0.2) is 0 Å². The minimum absolute atomic E-state index is 0.470. The van der Waals surface area contributed by atoms with Gasteiger partial charge in [-0.2, -0.15) is 0 Å². The Morgan fingerprint density at radius 3 is 1.18 bits per heavy atom. The fourth-order valence-electron chi connectivity index (χ4n) is 3.10. The Hall–Kier alpha value is -0.330. The molecule has 0 aliphatic rings. The predicted octanol–water partition coefficient (Wildman–Crippen LogP) is 7.62. The maximum absolute atomic E-state index is 11.4. The van der Waals surface area contributed by atoms with Crippen molar-refractivity contribution in [3.8, 4) is 0 Å². The van der Waals surface area contributed by atoms with Gasteiger partial charge in [0.2, 0.25) is 0 Å². The Balaban J connectivity index is 3.01. The molecule has 0 saturated heterocycles. The van der Waals surface area contributed by atoms with Crippen molar-refractivity contribution < 1.29 is 4.79 Å². The molecule has 0 aromatic rings. The van der Waals surface area contributed by atoms with Gasteiger partial charge in [-0.05, 0) is 12.8 Å². The highest BCUT2D eigenvalue weighted by Crippen LogP contribution is 2.13. The lowest BCUT2D eigenvalue weighted by molar-refractivity contribution is -0.119. The van der Waals surface area contributed by atoms with Gasteiger partial charge in [0.15, 0.2) is 0 Å². The molecule has 0 aromatic carbocycles. The van der Waals surface area contributed by atoms with Crippen LogP contribution in [0.2, 0.25) is 0 Å². The zero-order valence-electron chi connectivity index (χ0n) is 15.6. The van der Waals surface area contributed by atoms with E-state index in [0.29, 0.717) is 5.78 Å². The monoisotopic (exact) mass is 310 g/mol. The van der Waals surface area contributed by atoms with Gasteiger partial charge >= 0.3 is 0 Å². The van der Waals surface area contributed by atoms with E-state index in [0.717, 1.165) is 25.7 Å². The first-order valence-electron chi connectivity index (χ1n) is 10.3. The topological polar surface area (TPSA) is 17.1 Å². The van der Waals surface area contributed by atoms with Gasteiger partial charge in [-0.25, -0.2) is 0 Å². The molecule has 0 N–H and O–H groups in total. The van der Waals surface area contributed by atoms with Gasteiger partial charge < -0.3 is 0 Å². The summed E-state index contributed by atoms with van der Waals surface area (Å²) in [6, 6.07) is 0. The van der Waals surface area contributed by atoms with Crippen molar-refractivity contribution in [3.05, 3.63) is 0 Å². The highest BCUT2D eigenvalue weighted by molar-refractivity contribution is 5.78. The molecule has 0 radical (unpaired) electrons. The molecule has 0 bridgehead atoms. The number of rotatable bonds is 18. The third-order valence-corrected chi connectivity index (χ3v) is 4.59. The van der Waals surface area contributed by atoms with E-state index in [4.69, 9.17) is 0 Å². The van der Waals surface area contributed by atoms with Crippen molar-refractivity contribution in [1.29, 1.82) is 0 Å². The van der Waals surface area contributed by atoms with Gasteiger partial charge in [0.25, 0.3) is 0 Å². The Kier molecular flexibility index (Phi) is 18.4. The zero-order chi connectivity index (χ0) is 16.3. The van der Waals surface area contributed by atoms with Crippen LogP contribution >= 0.6 is 0 Å². The summed E-state index contributed by atoms with van der Waals surface area (Å²) in [5, 5.41) is 0. The van der Waals surface area contributed by atoms with E-state index >= 15 is 0 Å². The van der Waals surface area contributed by atoms with Gasteiger partial charge in [0.05, 0.1) is 0 Å². The summed E-state index contributed by atoms with van der Waals surface area (Å²) in [7, 11) is 0. The fraction of sp³-hybridized carbons (Fsp3) is 0.952. The second-order valence-corrected chi connectivity index (χ2v) is 6.99. The summed E-state index contributed by atoms with van der Waals surface area (Å²) in [5.74, 6) is 0.470. The predicted molar refractivity (Wildman–Crippen MR) is 99.5 cm³/mol. The number of hydrogen-bond acceptors (Lipinski definition) is 1. The molecule has 0 aliphatic heterocycles. The van der Waals surface area contributed by atoms with Crippen molar-refractivity contribution >= 4 is 5.78 Å². The van der Waals surface area contributed by atoms with Crippen LogP contribution in [0.5, 0.6) is 0 Å². The highest BCUT2D eigenvalue weighted by Gasteiger charge is 1.99. The number of Topliss-reactive ketones (excluding diaryl/α,β-unsaturated/α-hetero) is 1. The van der Waals surface area contributed by atoms with Crippen molar-refractivity contribution in [3.63, 3.8) is 0 Å². The second kappa shape index (κ2) is 18.7. The Bertz CT molecular complexity index is 222. The maximum atomic E-state index is 11.4. The first-order chi connectivity index (χ1) is 10.8. The minimum Gasteiger partial charge on any atom is -0.300 e. The second-order valence-electron chi connectivity index (χ2n) is 6.99. The molecular formula is C21H42O. The number of unbranched alkanes of at least 4 members (excludes halogenated alkanes) is 14. The average Bonchev–Trinajstić information content (AvgIpc) is 2.51. The maximum Gasteiger partial charge on any atom is 0.132 e. The van der Waals surface area contributed by atoms with E-state index in [9.17, 15) is 4.79 Å². The lowest BCUT2D eigenvalue weighted by atomic mass is 10.0. The third kappa shape index (κ3) is 17.7.